The van der Waals surface area contributed by atoms with Gasteiger partial charge in [0, 0.05) is 36.9 Å². The second-order valence-electron chi connectivity index (χ2n) is 5.43. The minimum Gasteiger partial charge on any atom is -0.457 e. The van der Waals surface area contributed by atoms with Crippen molar-refractivity contribution >= 4 is 34.6 Å². The summed E-state index contributed by atoms with van der Waals surface area (Å²) in [6.45, 7) is 4.99. The summed E-state index contributed by atoms with van der Waals surface area (Å²) in [6, 6.07) is 9.70. The molecule has 0 spiro atoms. The number of nitro benzene ring substituents is 1. The number of nitro groups is 1. The molecule has 1 saturated heterocycles. The Morgan fingerprint density at radius 3 is 2.81 bits per heavy atom. The van der Waals surface area contributed by atoms with Crippen LogP contribution in [0.15, 0.2) is 50.7 Å². The third kappa shape index (κ3) is 3.55. The van der Waals surface area contributed by atoms with Gasteiger partial charge in [-0.3, -0.25) is 24.8 Å². The number of amides is 1. The summed E-state index contributed by atoms with van der Waals surface area (Å²) in [5, 5.41) is 11.6. The maximum Gasteiger partial charge on any atom is 0.270 e. The van der Waals surface area contributed by atoms with Crippen LogP contribution in [0.2, 0.25) is 0 Å². The monoisotopic (exact) mass is 371 g/mol. The zero-order valence-electron chi connectivity index (χ0n) is 14.3. The fourth-order valence-electron chi connectivity index (χ4n) is 2.53. The van der Waals surface area contributed by atoms with Crippen LogP contribution in [0.3, 0.4) is 0 Å². The van der Waals surface area contributed by atoms with E-state index in [1.165, 1.54) is 23.9 Å². The molecular weight excluding hydrogens is 354 g/mol. The third-order valence-corrected chi connectivity index (χ3v) is 4.78. The van der Waals surface area contributed by atoms with E-state index in [0.717, 1.165) is 0 Å². The zero-order valence-corrected chi connectivity index (χ0v) is 15.2. The van der Waals surface area contributed by atoms with E-state index in [1.807, 2.05) is 13.8 Å². The second-order valence-corrected chi connectivity index (χ2v) is 6.44. The molecule has 0 N–H and O–H groups in total. The molecule has 1 amide bonds. The van der Waals surface area contributed by atoms with Gasteiger partial charge >= 0.3 is 0 Å². The van der Waals surface area contributed by atoms with Gasteiger partial charge < -0.3 is 4.42 Å². The Balaban J connectivity index is 1.88. The zero-order chi connectivity index (χ0) is 18.7. The molecule has 0 atom stereocenters. The Morgan fingerprint density at radius 1 is 1.31 bits per heavy atom. The number of thioether (sulfide) groups is 1. The molecule has 0 saturated carbocycles. The summed E-state index contributed by atoms with van der Waals surface area (Å²) in [7, 11) is 0. The highest BCUT2D eigenvalue weighted by Crippen LogP contribution is 2.33. The van der Waals surface area contributed by atoms with Crippen LogP contribution in [0.5, 0.6) is 0 Å². The number of carbonyl (C=O) groups is 1. The second kappa shape index (κ2) is 7.57. The average Bonchev–Trinajstić information content (AvgIpc) is 3.21. The van der Waals surface area contributed by atoms with Gasteiger partial charge in [0.05, 0.1) is 9.83 Å². The van der Waals surface area contributed by atoms with Crippen molar-refractivity contribution in [2.45, 2.75) is 13.8 Å². The molecule has 0 unspecified atom stereocenters. The van der Waals surface area contributed by atoms with Gasteiger partial charge in [-0.1, -0.05) is 12.1 Å². The topological polar surface area (TPSA) is 89.0 Å². The predicted octanol–water partition coefficient (Wildman–Crippen LogP) is 4.17. The largest absolute Gasteiger partial charge is 0.457 e. The van der Waals surface area contributed by atoms with E-state index in [2.05, 4.69) is 4.99 Å². The molecule has 3 rings (SSSR count). The van der Waals surface area contributed by atoms with Crippen molar-refractivity contribution in [3.8, 4) is 11.3 Å². The first-order chi connectivity index (χ1) is 12.5. The highest BCUT2D eigenvalue weighted by atomic mass is 32.2. The number of rotatable bonds is 5. The van der Waals surface area contributed by atoms with E-state index in [0.29, 0.717) is 40.2 Å². The number of hydrogen-bond donors (Lipinski definition) is 0. The lowest BCUT2D eigenvalue weighted by atomic mass is 10.1. The number of hydrogen-bond acceptors (Lipinski definition) is 6. The van der Waals surface area contributed by atoms with Crippen molar-refractivity contribution < 1.29 is 14.1 Å². The van der Waals surface area contributed by atoms with Crippen molar-refractivity contribution in [2.24, 2.45) is 4.99 Å². The Bertz CT molecular complexity index is 917. The van der Waals surface area contributed by atoms with E-state index < -0.39 is 4.92 Å². The lowest BCUT2D eigenvalue weighted by molar-refractivity contribution is -0.384. The lowest BCUT2D eigenvalue weighted by Crippen LogP contribution is -2.28. The molecule has 0 aliphatic carbocycles. The maximum absolute atomic E-state index is 12.5. The van der Waals surface area contributed by atoms with Crippen molar-refractivity contribution in [1.29, 1.82) is 0 Å². The molecule has 1 aliphatic heterocycles. The van der Waals surface area contributed by atoms with Crippen molar-refractivity contribution in [1.82, 2.24) is 4.90 Å². The van der Waals surface area contributed by atoms with Crippen LogP contribution in [0, 0.1) is 10.1 Å². The summed E-state index contributed by atoms with van der Waals surface area (Å²) in [4.78, 5) is 29.4. The number of nitrogens with zero attached hydrogens (tertiary/aromatic N) is 3. The van der Waals surface area contributed by atoms with E-state index in [-0.39, 0.29) is 11.6 Å². The van der Waals surface area contributed by atoms with Crippen LogP contribution in [0.1, 0.15) is 19.6 Å². The summed E-state index contributed by atoms with van der Waals surface area (Å²) < 4.78 is 5.76. The molecule has 1 fully saturated rings. The molecule has 2 aromatic rings. The Labute approximate surface area is 154 Å². The van der Waals surface area contributed by atoms with Gasteiger partial charge in [0.15, 0.2) is 5.17 Å². The number of non-ortho nitro benzene ring substituents is 1. The number of benzene rings is 1. The van der Waals surface area contributed by atoms with Crippen LogP contribution in [0.25, 0.3) is 17.4 Å². The van der Waals surface area contributed by atoms with Crippen molar-refractivity contribution in [3.05, 3.63) is 57.2 Å². The molecular formula is C18H17N3O4S. The van der Waals surface area contributed by atoms with Crippen molar-refractivity contribution in [2.75, 3.05) is 13.1 Å². The third-order valence-electron chi connectivity index (χ3n) is 3.74. The van der Waals surface area contributed by atoms with E-state index in [4.69, 9.17) is 4.42 Å². The quantitative estimate of drug-likeness (QED) is 0.447. The van der Waals surface area contributed by atoms with Gasteiger partial charge in [0.1, 0.15) is 11.5 Å². The minimum absolute atomic E-state index is 0.000613. The SMILES string of the molecule is CCN=C1S/C(=C\c2ccc(-c3cccc([N+](=O)[O-])c3)o2)C(=O)N1CC. The van der Waals surface area contributed by atoms with Gasteiger partial charge in [-0.25, -0.2) is 0 Å². The molecule has 134 valence electrons. The van der Waals surface area contributed by atoms with E-state index >= 15 is 0 Å². The minimum atomic E-state index is -0.447. The molecule has 0 radical (unpaired) electrons. The summed E-state index contributed by atoms with van der Waals surface area (Å²) in [6.07, 6.45) is 1.68. The maximum atomic E-state index is 12.5. The number of furan rings is 1. The fourth-order valence-corrected chi connectivity index (χ4v) is 3.61. The molecule has 26 heavy (non-hydrogen) atoms. The lowest BCUT2D eigenvalue weighted by Gasteiger charge is -2.11. The van der Waals surface area contributed by atoms with Gasteiger partial charge in [-0.2, -0.15) is 0 Å². The number of carbonyl (C=O) groups excluding carboxylic acids is 1. The highest BCUT2D eigenvalue weighted by Gasteiger charge is 2.32. The summed E-state index contributed by atoms with van der Waals surface area (Å²) >= 11 is 1.32. The number of aliphatic imine (C=N–C) groups is 1. The van der Waals surface area contributed by atoms with Crippen LogP contribution in [-0.4, -0.2) is 34.0 Å². The Hall–Kier alpha value is -2.87. The van der Waals surface area contributed by atoms with Gasteiger partial charge in [-0.15, -0.1) is 0 Å². The Kier molecular flexibility index (Phi) is 5.22. The van der Waals surface area contributed by atoms with Crippen LogP contribution in [-0.2, 0) is 4.79 Å². The fraction of sp³-hybridized carbons (Fsp3) is 0.222. The molecule has 8 heteroatoms. The number of amidine groups is 1. The molecule has 7 nitrogen and oxygen atoms in total. The van der Waals surface area contributed by atoms with E-state index in [1.54, 1.807) is 35.2 Å². The summed E-state index contributed by atoms with van der Waals surface area (Å²) in [5.74, 6) is 0.917. The van der Waals surface area contributed by atoms with E-state index in [9.17, 15) is 14.9 Å². The molecule has 0 bridgehead atoms. The molecule has 1 aromatic heterocycles. The highest BCUT2D eigenvalue weighted by molar-refractivity contribution is 8.18. The van der Waals surface area contributed by atoms with Crippen LogP contribution < -0.4 is 0 Å². The molecule has 1 aromatic carbocycles. The Morgan fingerprint density at radius 2 is 2.12 bits per heavy atom. The first kappa shape index (κ1) is 17.9. The van der Waals surface area contributed by atoms with Crippen molar-refractivity contribution in [3.63, 3.8) is 0 Å². The molecule has 2 heterocycles. The average molecular weight is 371 g/mol. The smallest absolute Gasteiger partial charge is 0.270 e. The van der Waals surface area contributed by atoms with Crippen LogP contribution >= 0.6 is 11.8 Å². The number of likely N-dealkylation sites (N-methyl/N-ethyl adjacent to an activating group) is 1. The normalized spacial score (nSPS) is 17.5. The predicted molar refractivity (Wildman–Crippen MR) is 102 cm³/mol. The molecule has 1 aliphatic rings. The van der Waals surface area contributed by atoms with Gasteiger partial charge in [0.2, 0.25) is 0 Å². The van der Waals surface area contributed by atoms with Crippen LogP contribution in [0.4, 0.5) is 5.69 Å². The summed E-state index contributed by atoms with van der Waals surface area (Å²) in [5.41, 5.74) is 0.608. The first-order valence-electron chi connectivity index (χ1n) is 8.14. The standard InChI is InChI=1S/C18H17N3O4S/c1-3-19-18-20(4-2)17(22)16(26-18)11-14-8-9-15(25-14)12-6-5-7-13(10-12)21(23)24/h5-11H,3-4H2,1-2H3/b16-11-,19-18?. The first-order valence-corrected chi connectivity index (χ1v) is 8.95. The van der Waals surface area contributed by atoms with Gasteiger partial charge in [0.25, 0.3) is 11.6 Å². The van der Waals surface area contributed by atoms with Gasteiger partial charge in [-0.05, 0) is 37.7 Å².